The Hall–Kier alpha value is -2.50. The third-order valence-corrected chi connectivity index (χ3v) is 2.90. The molecule has 2 N–H and O–H groups in total. The van der Waals surface area contributed by atoms with E-state index in [1.54, 1.807) is 0 Å². The lowest BCUT2D eigenvalue weighted by Gasteiger charge is -2.17. The van der Waals surface area contributed by atoms with Gasteiger partial charge >= 0.3 is 5.97 Å². The molecule has 0 saturated heterocycles. The fourth-order valence-corrected chi connectivity index (χ4v) is 1.87. The van der Waals surface area contributed by atoms with Crippen molar-refractivity contribution in [3.63, 3.8) is 0 Å². The monoisotopic (exact) mass is 295 g/mol. The third kappa shape index (κ3) is 3.75. The van der Waals surface area contributed by atoms with E-state index >= 15 is 0 Å². The zero-order valence-electron chi connectivity index (χ0n) is 10.8. The van der Waals surface area contributed by atoms with Gasteiger partial charge in [-0.25, -0.2) is 18.0 Å². The van der Waals surface area contributed by atoms with Gasteiger partial charge in [-0.05, 0) is 35.9 Å². The van der Waals surface area contributed by atoms with E-state index in [2.05, 4.69) is 5.32 Å². The molecule has 2 aromatic carbocycles. The van der Waals surface area contributed by atoms with Crippen molar-refractivity contribution in [3.05, 3.63) is 65.5 Å². The molecule has 1 atom stereocenters. The number of carboxylic acid groups (broad SMARTS) is 1. The summed E-state index contributed by atoms with van der Waals surface area (Å²) in [6.07, 6.45) is -2.68. The van der Waals surface area contributed by atoms with Crippen LogP contribution in [0.4, 0.5) is 18.9 Å². The quantitative estimate of drug-likeness (QED) is 0.876. The Morgan fingerprint density at radius 2 is 1.67 bits per heavy atom. The molecule has 6 heteroatoms. The largest absolute Gasteiger partial charge is 0.479 e. The molecule has 0 aliphatic carbocycles. The molecular formula is C15H12F3NO2. The number of nitrogens with one attached hydrogen (secondary N) is 1. The summed E-state index contributed by atoms with van der Waals surface area (Å²) in [5.41, 5.74) is 0.329. The zero-order valence-corrected chi connectivity index (χ0v) is 10.8. The first-order valence-corrected chi connectivity index (χ1v) is 6.10. The van der Waals surface area contributed by atoms with Crippen molar-refractivity contribution >= 4 is 11.7 Å². The highest BCUT2D eigenvalue weighted by Gasteiger charge is 2.21. The SMILES string of the molecule is O=C(O)C(Nc1ccc(F)cc1)c1cccc(C(F)F)c1. The number of hydrogen-bond acceptors (Lipinski definition) is 2. The van der Waals surface area contributed by atoms with E-state index in [0.29, 0.717) is 5.69 Å². The fourth-order valence-electron chi connectivity index (χ4n) is 1.87. The topological polar surface area (TPSA) is 49.3 Å². The predicted molar refractivity (Wildman–Crippen MR) is 71.8 cm³/mol. The molecule has 0 fully saturated rings. The lowest BCUT2D eigenvalue weighted by atomic mass is 10.0. The molecule has 3 nitrogen and oxygen atoms in total. The van der Waals surface area contributed by atoms with Crippen LogP contribution in [0.2, 0.25) is 0 Å². The standard InChI is InChI=1S/C15H12F3NO2/c16-11-4-6-12(7-5-11)19-13(15(20)21)9-2-1-3-10(8-9)14(17)18/h1-8,13-14,19H,(H,20,21). The van der Waals surface area contributed by atoms with Crippen LogP contribution in [0, 0.1) is 5.82 Å². The number of anilines is 1. The molecule has 0 aliphatic rings. The highest BCUT2D eigenvalue weighted by atomic mass is 19.3. The zero-order chi connectivity index (χ0) is 15.4. The van der Waals surface area contributed by atoms with Gasteiger partial charge in [0.25, 0.3) is 6.43 Å². The molecule has 0 radical (unpaired) electrons. The Morgan fingerprint density at radius 3 is 2.24 bits per heavy atom. The first-order valence-electron chi connectivity index (χ1n) is 6.10. The Balaban J connectivity index is 2.28. The van der Waals surface area contributed by atoms with Gasteiger partial charge in [-0.3, -0.25) is 0 Å². The first-order chi connectivity index (χ1) is 9.97. The summed E-state index contributed by atoms with van der Waals surface area (Å²) in [7, 11) is 0. The Bertz CT molecular complexity index is 629. The number of carboxylic acids is 1. The number of hydrogen-bond donors (Lipinski definition) is 2. The van der Waals surface area contributed by atoms with Gasteiger partial charge in [-0.2, -0.15) is 0 Å². The van der Waals surface area contributed by atoms with E-state index in [1.807, 2.05) is 0 Å². The minimum absolute atomic E-state index is 0.199. The van der Waals surface area contributed by atoms with E-state index in [-0.39, 0.29) is 11.1 Å². The maximum Gasteiger partial charge on any atom is 0.330 e. The number of halogens is 3. The van der Waals surface area contributed by atoms with Crippen LogP contribution in [0.25, 0.3) is 0 Å². The van der Waals surface area contributed by atoms with E-state index in [9.17, 15) is 23.1 Å². The summed E-state index contributed by atoms with van der Waals surface area (Å²) in [4.78, 5) is 11.3. The van der Waals surface area contributed by atoms with E-state index in [4.69, 9.17) is 0 Å². The molecule has 2 rings (SSSR count). The van der Waals surface area contributed by atoms with E-state index in [1.165, 1.54) is 42.5 Å². The molecule has 0 aliphatic heterocycles. The highest BCUT2D eigenvalue weighted by Crippen LogP contribution is 2.25. The van der Waals surface area contributed by atoms with Gasteiger partial charge in [0.15, 0.2) is 6.04 Å². The third-order valence-electron chi connectivity index (χ3n) is 2.90. The van der Waals surface area contributed by atoms with Crippen molar-refractivity contribution in [2.45, 2.75) is 12.5 Å². The van der Waals surface area contributed by atoms with Gasteiger partial charge in [-0.15, -0.1) is 0 Å². The summed E-state index contributed by atoms with van der Waals surface area (Å²) in [5, 5.41) is 11.9. The van der Waals surface area contributed by atoms with Crippen molar-refractivity contribution in [1.29, 1.82) is 0 Å². The van der Waals surface area contributed by atoms with Crippen LogP contribution in [0.1, 0.15) is 23.6 Å². The summed E-state index contributed by atoms with van der Waals surface area (Å²) in [5.74, 6) is -1.67. The van der Waals surface area contributed by atoms with Crippen molar-refractivity contribution in [2.24, 2.45) is 0 Å². The van der Waals surface area contributed by atoms with Crippen LogP contribution in [0.15, 0.2) is 48.5 Å². The maximum absolute atomic E-state index is 12.8. The maximum atomic E-state index is 12.8. The van der Waals surface area contributed by atoms with Crippen LogP contribution in [-0.4, -0.2) is 11.1 Å². The molecule has 21 heavy (non-hydrogen) atoms. The average molecular weight is 295 g/mol. The average Bonchev–Trinajstić information content (AvgIpc) is 2.46. The van der Waals surface area contributed by atoms with Crippen molar-refractivity contribution in [1.82, 2.24) is 0 Å². The lowest BCUT2D eigenvalue weighted by molar-refractivity contribution is -0.138. The van der Waals surface area contributed by atoms with Gasteiger partial charge in [0.1, 0.15) is 5.82 Å². The van der Waals surface area contributed by atoms with Crippen LogP contribution in [-0.2, 0) is 4.79 Å². The number of rotatable bonds is 5. The summed E-state index contributed by atoms with van der Waals surface area (Å²) in [6.45, 7) is 0. The second-order valence-corrected chi connectivity index (χ2v) is 4.39. The smallest absolute Gasteiger partial charge is 0.330 e. The number of benzene rings is 2. The van der Waals surface area contributed by atoms with Crippen LogP contribution in [0.5, 0.6) is 0 Å². The molecule has 0 bridgehead atoms. The molecule has 0 aromatic heterocycles. The summed E-state index contributed by atoms with van der Waals surface area (Å²) in [6, 6.07) is 9.10. The summed E-state index contributed by atoms with van der Waals surface area (Å²) < 4.78 is 38.2. The number of aliphatic carboxylic acids is 1. The second-order valence-electron chi connectivity index (χ2n) is 4.39. The molecular weight excluding hydrogens is 283 g/mol. The fraction of sp³-hybridized carbons (Fsp3) is 0.133. The Labute approximate surface area is 119 Å². The van der Waals surface area contributed by atoms with Crippen molar-refractivity contribution in [2.75, 3.05) is 5.32 Å². The Morgan fingerprint density at radius 1 is 1.05 bits per heavy atom. The molecule has 0 amide bonds. The van der Waals surface area contributed by atoms with Crippen LogP contribution >= 0.6 is 0 Å². The van der Waals surface area contributed by atoms with E-state index < -0.39 is 24.3 Å². The van der Waals surface area contributed by atoms with Crippen molar-refractivity contribution < 1.29 is 23.1 Å². The van der Waals surface area contributed by atoms with Gasteiger partial charge < -0.3 is 10.4 Å². The lowest BCUT2D eigenvalue weighted by Crippen LogP contribution is -2.20. The molecule has 110 valence electrons. The minimum atomic E-state index is -2.68. The summed E-state index contributed by atoms with van der Waals surface area (Å²) >= 11 is 0. The normalized spacial score (nSPS) is 12.2. The Kier molecular flexibility index (Phi) is 4.47. The molecule has 0 saturated carbocycles. The van der Waals surface area contributed by atoms with Gasteiger partial charge in [0, 0.05) is 11.3 Å². The first kappa shape index (κ1) is 14.9. The molecule has 1 unspecified atom stereocenters. The second kappa shape index (κ2) is 6.30. The van der Waals surface area contributed by atoms with Crippen LogP contribution < -0.4 is 5.32 Å². The highest BCUT2D eigenvalue weighted by molar-refractivity contribution is 5.79. The van der Waals surface area contributed by atoms with Gasteiger partial charge in [-0.1, -0.05) is 18.2 Å². The molecule has 0 heterocycles. The number of alkyl halides is 2. The van der Waals surface area contributed by atoms with Crippen molar-refractivity contribution in [3.8, 4) is 0 Å². The van der Waals surface area contributed by atoms with Gasteiger partial charge in [0.2, 0.25) is 0 Å². The minimum Gasteiger partial charge on any atom is -0.479 e. The van der Waals surface area contributed by atoms with Crippen LogP contribution in [0.3, 0.4) is 0 Å². The van der Waals surface area contributed by atoms with Gasteiger partial charge in [0.05, 0.1) is 0 Å². The van der Waals surface area contributed by atoms with E-state index in [0.717, 1.165) is 6.07 Å². The number of carbonyl (C=O) groups is 1. The predicted octanol–water partition coefficient (Wildman–Crippen LogP) is 4.00. The molecule has 0 spiro atoms. The molecule has 2 aromatic rings.